The first kappa shape index (κ1) is 17.8. The monoisotopic (exact) mass is 349 g/mol. The predicted octanol–water partition coefficient (Wildman–Crippen LogP) is 1.02. The zero-order valence-electron chi connectivity index (χ0n) is 13.6. The third-order valence-electron chi connectivity index (χ3n) is 3.20. The maximum atomic E-state index is 12.4. The van der Waals surface area contributed by atoms with Crippen LogP contribution in [0.15, 0.2) is 28.8 Å². The highest BCUT2D eigenvalue weighted by Gasteiger charge is 2.24. The van der Waals surface area contributed by atoms with Crippen LogP contribution in [0.4, 0.5) is 5.13 Å². The Morgan fingerprint density at radius 2 is 2.08 bits per heavy atom. The summed E-state index contributed by atoms with van der Waals surface area (Å²) in [6, 6.07) is 0.396. The molecule has 2 aromatic rings. The van der Waals surface area contributed by atoms with Crippen LogP contribution >= 0.6 is 11.3 Å². The second-order valence-electron chi connectivity index (χ2n) is 5.71. The topological polar surface area (TPSA) is 106 Å². The summed E-state index contributed by atoms with van der Waals surface area (Å²) in [6.45, 7) is 3.90. The number of amides is 2. The van der Waals surface area contributed by atoms with Gasteiger partial charge in [0.05, 0.1) is 6.33 Å². The number of thiazole rings is 1. The number of aryl methyl sites for hydroxylation is 1. The van der Waals surface area contributed by atoms with Crippen LogP contribution in [0.1, 0.15) is 30.8 Å². The van der Waals surface area contributed by atoms with Gasteiger partial charge in [-0.3, -0.25) is 14.4 Å². The highest BCUT2D eigenvalue weighted by molar-refractivity contribution is 7.13. The third-order valence-corrected chi connectivity index (χ3v) is 3.89. The Bertz CT molecular complexity index is 770. The SMILES string of the molecule is CC(C)CC(NC(=O)c1cc(=O)n(C)cn1)C(=O)Nc1nccs1. The Kier molecular flexibility index (Phi) is 5.80. The van der Waals surface area contributed by atoms with Gasteiger partial charge in [-0.2, -0.15) is 0 Å². The Hall–Kier alpha value is -2.55. The number of hydrogen-bond acceptors (Lipinski definition) is 6. The van der Waals surface area contributed by atoms with E-state index in [0.29, 0.717) is 11.6 Å². The maximum absolute atomic E-state index is 12.4. The summed E-state index contributed by atoms with van der Waals surface area (Å²) in [5.74, 6) is -0.725. The molecule has 0 spiro atoms. The molecule has 1 unspecified atom stereocenters. The first-order valence-electron chi connectivity index (χ1n) is 7.40. The molecule has 0 bridgehead atoms. The van der Waals surface area contributed by atoms with Gasteiger partial charge in [-0.1, -0.05) is 13.8 Å². The molecule has 2 amide bonds. The number of nitrogens with one attached hydrogen (secondary N) is 2. The molecule has 0 aliphatic carbocycles. The molecule has 24 heavy (non-hydrogen) atoms. The number of anilines is 1. The largest absolute Gasteiger partial charge is 0.339 e. The number of hydrogen-bond donors (Lipinski definition) is 2. The van der Waals surface area contributed by atoms with E-state index in [0.717, 1.165) is 6.07 Å². The lowest BCUT2D eigenvalue weighted by molar-refractivity contribution is -0.118. The molecule has 0 saturated carbocycles. The standard InChI is InChI=1S/C15H19N5O3S/c1-9(2)6-11(14(23)19-15-16-4-5-24-15)18-13(22)10-7-12(21)20(3)8-17-10/h4-5,7-9,11H,6H2,1-3H3,(H,18,22)(H,16,19,23). The minimum Gasteiger partial charge on any atom is -0.339 e. The van der Waals surface area contributed by atoms with Crippen molar-refractivity contribution in [1.82, 2.24) is 19.9 Å². The van der Waals surface area contributed by atoms with Gasteiger partial charge in [-0.15, -0.1) is 11.3 Å². The molecule has 128 valence electrons. The Morgan fingerprint density at radius 3 is 2.67 bits per heavy atom. The summed E-state index contributed by atoms with van der Waals surface area (Å²) in [6.07, 6.45) is 3.30. The van der Waals surface area contributed by atoms with Crippen LogP contribution in [-0.2, 0) is 11.8 Å². The van der Waals surface area contributed by atoms with Gasteiger partial charge in [0.1, 0.15) is 11.7 Å². The van der Waals surface area contributed by atoms with Gasteiger partial charge >= 0.3 is 0 Å². The quantitative estimate of drug-likeness (QED) is 0.810. The Labute approximate surface area is 143 Å². The summed E-state index contributed by atoms with van der Waals surface area (Å²) in [7, 11) is 1.54. The van der Waals surface area contributed by atoms with Crippen molar-refractivity contribution >= 4 is 28.3 Å². The van der Waals surface area contributed by atoms with Crippen LogP contribution in [0.5, 0.6) is 0 Å². The molecular formula is C15H19N5O3S. The summed E-state index contributed by atoms with van der Waals surface area (Å²) in [5.41, 5.74) is -0.364. The van der Waals surface area contributed by atoms with Crippen molar-refractivity contribution in [3.63, 3.8) is 0 Å². The van der Waals surface area contributed by atoms with Crippen LogP contribution in [0.25, 0.3) is 0 Å². The predicted molar refractivity (Wildman–Crippen MR) is 90.9 cm³/mol. The normalized spacial score (nSPS) is 12.0. The molecule has 0 fully saturated rings. The average Bonchev–Trinajstić information content (AvgIpc) is 3.01. The van der Waals surface area contributed by atoms with Crippen molar-refractivity contribution in [1.29, 1.82) is 0 Å². The molecule has 0 aromatic carbocycles. The van der Waals surface area contributed by atoms with E-state index in [9.17, 15) is 14.4 Å². The zero-order valence-corrected chi connectivity index (χ0v) is 14.5. The molecule has 2 heterocycles. The van der Waals surface area contributed by atoms with Crippen molar-refractivity contribution in [3.8, 4) is 0 Å². The van der Waals surface area contributed by atoms with E-state index in [1.54, 1.807) is 18.6 Å². The molecule has 2 rings (SSSR count). The second-order valence-corrected chi connectivity index (χ2v) is 6.60. The van der Waals surface area contributed by atoms with E-state index in [1.807, 2.05) is 13.8 Å². The summed E-state index contributed by atoms with van der Waals surface area (Å²) >= 11 is 1.29. The molecule has 0 aliphatic rings. The van der Waals surface area contributed by atoms with E-state index in [-0.39, 0.29) is 23.1 Å². The minimum absolute atomic E-state index is 0.0195. The molecule has 9 heteroatoms. The lowest BCUT2D eigenvalue weighted by atomic mass is 10.0. The summed E-state index contributed by atoms with van der Waals surface area (Å²) in [5, 5.41) is 7.52. The fourth-order valence-electron chi connectivity index (χ4n) is 2.00. The fraction of sp³-hybridized carbons (Fsp3) is 0.400. The molecule has 0 radical (unpaired) electrons. The lowest BCUT2D eigenvalue weighted by Gasteiger charge is -2.19. The van der Waals surface area contributed by atoms with Gasteiger partial charge in [0.2, 0.25) is 5.91 Å². The molecular weight excluding hydrogens is 330 g/mol. The number of rotatable bonds is 6. The Morgan fingerprint density at radius 1 is 1.33 bits per heavy atom. The van der Waals surface area contributed by atoms with Crippen molar-refractivity contribution in [3.05, 3.63) is 40.0 Å². The molecule has 2 aromatic heterocycles. The van der Waals surface area contributed by atoms with E-state index in [1.165, 1.54) is 22.2 Å². The van der Waals surface area contributed by atoms with Crippen molar-refractivity contribution in [2.75, 3.05) is 5.32 Å². The van der Waals surface area contributed by atoms with E-state index < -0.39 is 11.9 Å². The van der Waals surface area contributed by atoms with Gasteiger partial charge in [0, 0.05) is 24.7 Å². The van der Waals surface area contributed by atoms with Gasteiger partial charge in [-0.05, 0) is 12.3 Å². The maximum Gasteiger partial charge on any atom is 0.270 e. The third kappa shape index (κ3) is 4.72. The number of nitrogens with zero attached hydrogens (tertiary/aromatic N) is 3. The highest BCUT2D eigenvalue weighted by Crippen LogP contribution is 2.13. The van der Waals surface area contributed by atoms with Crippen LogP contribution < -0.4 is 16.2 Å². The number of aromatic nitrogens is 3. The second kappa shape index (κ2) is 7.82. The summed E-state index contributed by atoms with van der Waals surface area (Å²) < 4.78 is 1.26. The first-order valence-corrected chi connectivity index (χ1v) is 8.28. The minimum atomic E-state index is -0.743. The molecule has 1 atom stereocenters. The van der Waals surface area contributed by atoms with Gasteiger partial charge in [-0.25, -0.2) is 9.97 Å². The lowest BCUT2D eigenvalue weighted by Crippen LogP contribution is -2.45. The number of carbonyl (C=O) groups is 2. The van der Waals surface area contributed by atoms with Crippen molar-refractivity contribution in [2.24, 2.45) is 13.0 Å². The van der Waals surface area contributed by atoms with Gasteiger partial charge in [0.25, 0.3) is 11.5 Å². The van der Waals surface area contributed by atoms with Gasteiger partial charge in [0.15, 0.2) is 5.13 Å². The van der Waals surface area contributed by atoms with Crippen molar-refractivity contribution in [2.45, 2.75) is 26.3 Å². The van der Waals surface area contributed by atoms with Gasteiger partial charge < -0.3 is 15.2 Å². The number of carbonyl (C=O) groups excluding carboxylic acids is 2. The van der Waals surface area contributed by atoms with Crippen LogP contribution in [0.2, 0.25) is 0 Å². The molecule has 8 nitrogen and oxygen atoms in total. The van der Waals surface area contributed by atoms with Crippen molar-refractivity contribution < 1.29 is 9.59 Å². The highest BCUT2D eigenvalue weighted by atomic mass is 32.1. The zero-order chi connectivity index (χ0) is 17.7. The van der Waals surface area contributed by atoms with Crippen LogP contribution in [0, 0.1) is 5.92 Å². The molecule has 0 saturated heterocycles. The fourth-order valence-corrected chi connectivity index (χ4v) is 2.53. The molecule has 2 N–H and O–H groups in total. The Balaban J connectivity index is 2.12. The van der Waals surface area contributed by atoms with Crippen LogP contribution in [-0.4, -0.2) is 32.4 Å². The summed E-state index contributed by atoms with van der Waals surface area (Å²) in [4.78, 5) is 44.2. The average molecular weight is 349 g/mol. The van der Waals surface area contributed by atoms with E-state index in [4.69, 9.17) is 0 Å². The van der Waals surface area contributed by atoms with E-state index in [2.05, 4.69) is 20.6 Å². The molecule has 0 aliphatic heterocycles. The first-order chi connectivity index (χ1) is 11.4. The smallest absolute Gasteiger partial charge is 0.270 e. The van der Waals surface area contributed by atoms with Crippen LogP contribution in [0.3, 0.4) is 0 Å². The van der Waals surface area contributed by atoms with E-state index >= 15 is 0 Å².